The van der Waals surface area contributed by atoms with Gasteiger partial charge in [0.15, 0.2) is 0 Å². The maximum atomic E-state index is 7.02. The van der Waals surface area contributed by atoms with Gasteiger partial charge in [0.2, 0.25) is 0 Å². The number of anilines is 6. The zero-order chi connectivity index (χ0) is 42.3. The van der Waals surface area contributed by atoms with Gasteiger partial charge in [-0.1, -0.05) is 156 Å². The van der Waals surface area contributed by atoms with E-state index in [1.165, 1.54) is 55.3 Å². The van der Waals surface area contributed by atoms with E-state index in [1.54, 1.807) is 0 Å². The molecule has 1 spiro atoms. The molecule has 4 heterocycles. The van der Waals surface area contributed by atoms with Crippen molar-refractivity contribution in [2.45, 2.75) is 64.7 Å². The molecule has 0 bridgehead atoms. The fourth-order valence-electron chi connectivity index (χ4n) is 10.9. The van der Waals surface area contributed by atoms with E-state index in [0.717, 1.165) is 45.6 Å². The summed E-state index contributed by atoms with van der Waals surface area (Å²) in [6.45, 7) is 14.0. The normalized spacial score (nSPS) is 14.2. The topological polar surface area (TPSA) is 28.6 Å². The van der Waals surface area contributed by atoms with E-state index in [4.69, 9.17) is 4.74 Å². The van der Waals surface area contributed by atoms with Gasteiger partial charge < -0.3 is 14.5 Å². The van der Waals surface area contributed by atoms with Crippen LogP contribution in [0.2, 0.25) is 0 Å². The summed E-state index contributed by atoms with van der Waals surface area (Å²) in [5.74, 6) is 2.99. The molecule has 0 fully saturated rings. The van der Waals surface area contributed by atoms with Crippen molar-refractivity contribution >= 4 is 57.2 Å². The summed E-state index contributed by atoms with van der Waals surface area (Å²) in [7, 11) is 0. The van der Waals surface area contributed by atoms with E-state index < -0.39 is 5.41 Å². The lowest BCUT2D eigenvalue weighted by molar-refractivity contribution is 0.487. The van der Waals surface area contributed by atoms with Crippen molar-refractivity contribution in [1.29, 1.82) is 0 Å². The van der Waals surface area contributed by atoms with Crippen molar-refractivity contribution in [2.75, 3.05) is 9.80 Å². The third kappa shape index (κ3) is 5.57. The Morgan fingerprint density at radius 2 is 0.952 bits per heavy atom. The predicted octanol–water partition coefficient (Wildman–Crippen LogP) is 13.0. The quantitative estimate of drug-likeness (QED) is 0.157. The summed E-state index contributed by atoms with van der Waals surface area (Å²) in [5, 5.41) is 0. The van der Waals surface area contributed by atoms with Crippen molar-refractivity contribution in [3.05, 3.63) is 215 Å². The molecule has 0 saturated heterocycles. The Labute approximate surface area is 366 Å². The van der Waals surface area contributed by atoms with Crippen LogP contribution < -0.4 is 30.9 Å². The highest BCUT2D eigenvalue weighted by Crippen LogP contribution is 2.63. The zero-order valence-corrected chi connectivity index (χ0v) is 36.3. The van der Waals surface area contributed by atoms with E-state index in [2.05, 4.69) is 214 Å². The van der Waals surface area contributed by atoms with Crippen LogP contribution in [0, 0.1) is 0 Å². The fraction of sp³-hybridized carbons (Fsp3) is 0.175. The van der Waals surface area contributed by atoms with Crippen LogP contribution >= 0.6 is 0 Å². The highest BCUT2D eigenvalue weighted by atomic mass is 16.5. The van der Waals surface area contributed by atoms with E-state index in [9.17, 15) is 0 Å². The van der Waals surface area contributed by atoms with Crippen LogP contribution in [0.1, 0.15) is 98.2 Å². The Balaban J connectivity index is 1.13. The molecule has 0 amide bonds. The van der Waals surface area contributed by atoms with Gasteiger partial charge in [0.05, 0.1) is 40.0 Å². The Kier molecular flexibility index (Phi) is 9.01. The molecule has 62 heavy (non-hydrogen) atoms. The number of hydrogen-bond donors (Lipinski definition) is 0. The highest BCUT2D eigenvalue weighted by Gasteiger charge is 2.52. The molecule has 5 heteroatoms. The summed E-state index contributed by atoms with van der Waals surface area (Å²) in [6.07, 6.45) is 3.81. The minimum absolute atomic E-state index is 0.0298. The molecule has 0 N–H and O–H groups in total. The summed E-state index contributed by atoms with van der Waals surface area (Å²) in [6, 6.07) is 60.7. The summed E-state index contributed by atoms with van der Waals surface area (Å²) in [5.41, 5.74) is 19.1. The lowest BCUT2D eigenvalue weighted by Crippen LogP contribution is -2.57. The van der Waals surface area contributed by atoms with E-state index in [1.807, 2.05) is 18.5 Å². The molecule has 0 saturated carbocycles. The number of pyridine rings is 1. The molecule has 7 aromatic carbocycles. The van der Waals surface area contributed by atoms with Gasteiger partial charge in [0.25, 0.3) is 6.71 Å². The van der Waals surface area contributed by atoms with Crippen LogP contribution in [0.3, 0.4) is 0 Å². The van der Waals surface area contributed by atoms with Crippen molar-refractivity contribution in [2.24, 2.45) is 0 Å². The number of nitrogens with zero attached hydrogens (tertiary/aromatic N) is 3. The van der Waals surface area contributed by atoms with Gasteiger partial charge in [0.1, 0.15) is 11.5 Å². The van der Waals surface area contributed by atoms with Crippen LogP contribution in [0.25, 0.3) is 0 Å². The van der Waals surface area contributed by atoms with Gasteiger partial charge in [-0.25, -0.2) is 0 Å². The van der Waals surface area contributed by atoms with Crippen LogP contribution in [0.4, 0.5) is 34.1 Å². The number of para-hydroxylation sites is 5. The largest absolute Gasteiger partial charge is 0.458 e. The van der Waals surface area contributed by atoms with Crippen LogP contribution in [-0.2, 0) is 5.41 Å². The van der Waals surface area contributed by atoms with Crippen molar-refractivity contribution < 1.29 is 4.74 Å². The molecule has 3 aliphatic rings. The minimum atomic E-state index is -0.604. The molecule has 0 radical (unpaired) electrons. The Bertz CT molecular complexity index is 2900. The standard InChI is InChI=1S/C57H50BN3O/c1-36(2)39-32-42(37(3)4)56(43(33-39)38(5)6)58-48-23-11-16-28-54(48)62-55-34-40(29-30-49(55)58)60-50-24-12-7-19-44(50)57(45-20-8-13-25-51(45)60)46-21-9-14-26-52(46)61(41-18-17-31-59-35-41)53-27-15-10-22-47(53)57/h7-38H,1-6H3. The van der Waals surface area contributed by atoms with Crippen molar-refractivity contribution in [3.8, 4) is 11.5 Å². The number of hydrogen-bond acceptors (Lipinski definition) is 4. The lowest BCUT2D eigenvalue weighted by atomic mass is 9.34. The van der Waals surface area contributed by atoms with Crippen LogP contribution in [0.5, 0.6) is 11.5 Å². The van der Waals surface area contributed by atoms with Crippen molar-refractivity contribution in [3.63, 3.8) is 0 Å². The predicted molar refractivity (Wildman–Crippen MR) is 259 cm³/mol. The second-order valence-corrected chi connectivity index (χ2v) is 18.1. The molecule has 4 nitrogen and oxygen atoms in total. The average molecular weight is 804 g/mol. The molecule has 0 atom stereocenters. The van der Waals surface area contributed by atoms with Gasteiger partial charge in [-0.05, 0) is 116 Å². The summed E-state index contributed by atoms with van der Waals surface area (Å²) < 4.78 is 7.02. The third-order valence-corrected chi connectivity index (χ3v) is 13.6. The number of ether oxygens (including phenoxy) is 1. The Morgan fingerprint density at radius 3 is 1.45 bits per heavy atom. The molecular weight excluding hydrogens is 753 g/mol. The lowest BCUT2D eigenvalue weighted by Gasteiger charge is -2.51. The van der Waals surface area contributed by atoms with Gasteiger partial charge in [-0.3, -0.25) is 4.98 Å². The van der Waals surface area contributed by atoms with Crippen molar-refractivity contribution in [1.82, 2.24) is 4.98 Å². The SMILES string of the molecule is CC(C)c1cc(C(C)C)c(B2c3ccccc3Oc3cc(N4c5ccccc5C5(c6ccccc6N(c6cccnc6)c6ccccc65)c5ccccc54)ccc32)c(C(C)C)c1. The van der Waals surface area contributed by atoms with Gasteiger partial charge in [-0.2, -0.15) is 0 Å². The minimum Gasteiger partial charge on any atom is -0.458 e. The molecule has 11 rings (SSSR count). The summed E-state index contributed by atoms with van der Waals surface area (Å²) in [4.78, 5) is 9.40. The highest BCUT2D eigenvalue weighted by molar-refractivity contribution is 6.97. The Hall–Kier alpha value is -6.85. The van der Waals surface area contributed by atoms with E-state index in [0.29, 0.717) is 17.8 Å². The first-order chi connectivity index (χ1) is 30.3. The van der Waals surface area contributed by atoms with Gasteiger partial charge in [0, 0.05) is 18.0 Å². The second-order valence-electron chi connectivity index (χ2n) is 18.1. The Morgan fingerprint density at radius 1 is 0.468 bits per heavy atom. The maximum Gasteiger partial charge on any atom is 0.251 e. The first kappa shape index (κ1) is 38.1. The van der Waals surface area contributed by atoms with Gasteiger partial charge in [-0.15, -0.1) is 0 Å². The molecule has 302 valence electrons. The molecule has 0 unspecified atom stereocenters. The third-order valence-electron chi connectivity index (χ3n) is 13.6. The molecule has 3 aliphatic heterocycles. The molecule has 8 aromatic rings. The average Bonchev–Trinajstić information content (AvgIpc) is 3.30. The monoisotopic (exact) mass is 803 g/mol. The van der Waals surface area contributed by atoms with Gasteiger partial charge >= 0.3 is 0 Å². The molecule has 1 aromatic heterocycles. The molecular formula is C57H50BN3O. The van der Waals surface area contributed by atoms with Crippen LogP contribution in [0.15, 0.2) is 176 Å². The molecule has 0 aliphatic carbocycles. The number of aromatic nitrogens is 1. The first-order valence-electron chi connectivity index (χ1n) is 22.2. The zero-order valence-electron chi connectivity index (χ0n) is 36.3. The van der Waals surface area contributed by atoms with E-state index in [-0.39, 0.29) is 6.71 Å². The number of fused-ring (bicyclic) bond motifs is 10. The van der Waals surface area contributed by atoms with Crippen LogP contribution in [-0.4, -0.2) is 11.7 Å². The number of rotatable bonds is 6. The fourth-order valence-corrected chi connectivity index (χ4v) is 10.9. The number of benzene rings is 7. The summed E-state index contributed by atoms with van der Waals surface area (Å²) >= 11 is 0. The second kappa shape index (κ2) is 14.7. The maximum absolute atomic E-state index is 7.02. The van der Waals surface area contributed by atoms with E-state index >= 15 is 0 Å². The smallest absolute Gasteiger partial charge is 0.251 e. The first-order valence-corrected chi connectivity index (χ1v) is 22.2.